The third kappa shape index (κ3) is 4.68. The van der Waals surface area contributed by atoms with E-state index in [-0.39, 0.29) is 18.5 Å². The first kappa shape index (κ1) is 15.7. The molecule has 0 radical (unpaired) electrons. The van der Waals surface area contributed by atoms with Crippen LogP contribution in [0.15, 0.2) is 0 Å². The molecule has 1 saturated heterocycles. The molecule has 2 unspecified atom stereocenters. The topological polar surface area (TPSA) is 79.3 Å². The normalized spacial score (nSPS) is 21.0. The molecule has 110 valence electrons. The van der Waals surface area contributed by atoms with Gasteiger partial charge >= 0.3 is 12.0 Å². The highest BCUT2D eigenvalue weighted by atomic mass is 16.5. The lowest BCUT2D eigenvalue weighted by Gasteiger charge is -2.36. The smallest absolute Gasteiger partial charge is 0.320 e. The fourth-order valence-corrected chi connectivity index (χ4v) is 1.98. The average Bonchev–Trinajstić information content (AvgIpc) is 2.36. The van der Waals surface area contributed by atoms with Gasteiger partial charge in [0.2, 0.25) is 0 Å². The Kier molecular flexibility index (Phi) is 6.04. The second-order valence-electron chi connectivity index (χ2n) is 4.73. The molecule has 1 rings (SSSR count). The summed E-state index contributed by atoms with van der Waals surface area (Å²) in [6, 6.07) is -0.151. The molecule has 0 bridgehead atoms. The van der Waals surface area contributed by atoms with Gasteiger partial charge in [0, 0.05) is 27.2 Å². The van der Waals surface area contributed by atoms with Crippen LogP contribution in [0.5, 0.6) is 0 Å². The van der Waals surface area contributed by atoms with Gasteiger partial charge in [-0.3, -0.25) is 4.79 Å². The fourth-order valence-electron chi connectivity index (χ4n) is 1.98. The third-order valence-corrected chi connectivity index (χ3v) is 3.18. The Balaban J connectivity index is 2.53. The van der Waals surface area contributed by atoms with Crippen molar-refractivity contribution in [2.75, 3.05) is 40.5 Å². The molecule has 0 aromatic heterocycles. The number of methoxy groups -OCH3 is 1. The van der Waals surface area contributed by atoms with Gasteiger partial charge in [-0.1, -0.05) is 0 Å². The monoisotopic (exact) mass is 274 g/mol. The number of carbonyl (C=O) groups is 2. The number of morpholine rings is 1. The van der Waals surface area contributed by atoms with E-state index < -0.39 is 12.1 Å². The molecule has 2 atom stereocenters. The standard InChI is InChI=1S/C12H22N2O5/c1-9(8-18-3)13(2)12(17)14-4-5-19-10(7-14)6-11(15)16/h9-10H,4-8H2,1-3H3,(H,15,16). The first-order chi connectivity index (χ1) is 8.95. The van der Waals surface area contributed by atoms with Crippen molar-refractivity contribution in [3.63, 3.8) is 0 Å². The maximum absolute atomic E-state index is 12.2. The highest BCUT2D eigenvalue weighted by Crippen LogP contribution is 2.12. The Labute approximate surface area is 113 Å². The summed E-state index contributed by atoms with van der Waals surface area (Å²) in [4.78, 5) is 26.1. The Bertz CT molecular complexity index is 323. The predicted molar refractivity (Wildman–Crippen MR) is 68.1 cm³/mol. The second-order valence-corrected chi connectivity index (χ2v) is 4.73. The van der Waals surface area contributed by atoms with Gasteiger partial charge in [-0.05, 0) is 6.92 Å². The van der Waals surface area contributed by atoms with E-state index in [1.807, 2.05) is 6.92 Å². The molecule has 7 heteroatoms. The minimum atomic E-state index is -0.916. The van der Waals surface area contributed by atoms with Crippen LogP contribution in [-0.4, -0.2) is 79.5 Å². The first-order valence-electron chi connectivity index (χ1n) is 6.29. The number of ether oxygens (including phenoxy) is 2. The minimum absolute atomic E-state index is 0.0294. The van der Waals surface area contributed by atoms with E-state index in [1.165, 1.54) is 0 Å². The van der Waals surface area contributed by atoms with Gasteiger partial charge < -0.3 is 24.4 Å². The van der Waals surface area contributed by atoms with Gasteiger partial charge in [-0.25, -0.2) is 4.79 Å². The molecule has 0 aromatic rings. The molecule has 0 aromatic carbocycles. The molecule has 1 aliphatic heterocycles. The zero-order valence-electron chi connectivity index (χ0n) is 11.7. The van der Waals surface area contributed by atoms with Crippen molar-refractivity contribution >= 4 is 12.0 Å². The molecule has 7 nitrogen and oxygen atoms in total. The molecule has 1 heterocycles. The van der Waals surface area contributed by atoms with Crippen molar-refractivity contribution in [3.8, 4) is 0 Å². The number of amides is 2. The molecular formula is C12H22N2O5. The van der Waals surface area contributed by atoms with Gasteiger partial charge in [0.15, 0.2) is 0 Å². The zero-order valence-corrected chi connectivity index (χ0v) is 11.7. The number of likely N-dealkylation sites (N-methyl/N-ethyl adjacent to an activating group) is 1. The summed E-state index contributed by atoms with van der Waals surface area (Å²) in [6.45, 7) is 3.53. The molecule has 2 amide bonds. The number of carbonyl (C=O) groups excluding carboxylic acids is 1. The summed E-state index contributed by atoms with van der Waals surface area (Å²) in [5.41, 5.74) is 0. The molecule has 1 fully saturated rings. The number of carboxylic acid groups (broad SMARTS) is 1. The summed E-state index contributed by atoms with van der Waals surface area (Å²) in [5, 5.41) is 8.75. The van der Waals surface area contributed by atoms with Gasteiger partial charge in [0.05, 0.1) is 31.8 Å². The third-order valence-electron chi connectivity index (χ3n) is 3.18. The van der Waals surface area contributed by atoms with Crippen LogP contribution >= 0.6 is 0 Å². The van der Waals surface area contributed by atoms with E-state index in [2.05, 4.69) is 0 Å². The van der Waals surface area contributed by atoms with E-state index in [1.54, 1.807) is 24.0 Å². The van der Waals surface area contributed by atoms with Crippen molar-refractivity contribution < 1.29 is 24.2 Å². The van der Waals surface area contributed by atoms with Crippen molar-refractivity contribution in [2.45, 2.75) is 25.5 Å². The second kappa shape index (κ2) is 7.30. The Morgan fingerprint density at radius 3 is 2.84 bits per heavy atom. The van der Waals surface area contributed by atoms with E-state index in [0.29, 0.717) is 26.3 Å². The summed E-state index contributed by atoms with van der Waals surface area (Å²) in [5.74, 6) is -0.916. The zero-order chi connectivity index (χ0) is 14.4. The number of hydrogen-bond donors (Lipinski definition) is 1. The largest absolute Gasteiger partial charge is 0.481 e. The van der Waals surface area contributed by atoms with Crippen LogP contribution in [0.1, 0.15) is 13.3 Å². The van der Waals surface area contributed by atoms with E-state index in [4.69, 9.17) is 14.6 Å². The summed E-state index contributed by atoms with van der Waals surface area (Å²) < 4.78 is 10.4. The van der Waals surface area contributed by atoms with Gasteiger partial charge in [-0.2, -0.15) is 0 Å². The Morgan fingerprint density at radius 1 is 1.58 bits per heavy atom. The average molecular weight is 274 g/mol. The molecule has 19 heavy (non-hydrogen) atoms. The molecule has 0 spiro atoms. The quantitative estimate of drug-likeness (QED) is 0.777. The summed E-state index contributed by atoms with van der Waals surface area (Å²) in [6.07, 6.45) is -0.512. The van der Waals surface area contributed by atoms with Gasteiger partial charge in [0.1, 0.15) is 0 Å². The van der Waals surface area contributed by atoms with Crippen LogP contribution in [0.3, 0.4) is 0 Å². The van der Waals surface area contributed by atoms with E-state index >= 15 is 0 Å². The van der Waals surface area contributed by atoms with Crippen molar-refractivity contribution in [2.24, 2.45) is 0 Å². The number of rotatable bonds is 5. The predicted octanol–water partition coefficient (Wildman–Crippen LogP) is 0.249. The number of urea groups is 1. The fraction of sp³-hybridized carbons (Fsp3) is 0.833. The molecule has 0 aliphatic carbocycles. The van der Waals surface area contributed by atoms with Crippen LogP contribution < -0.4 is 0 Å². The van der Waals surface area contributed by atoms with E-state index in [9.17, 15) is 9.59 Å². The van der Waals surface area contributed by atoms with Crippen LogP contribution in [0.25, 0.3) is 0 Å². The highest BCUT2D eigenvalue weighted by Gasteiger charge is 2.29. The van der Waals surface area contributed by atoms with Gasteiger partial charge in [-0.15, -0.1) is 0 Å². The van der Waals surface area contributed by atoms with Crippen LogP contribution in [0.4, 0.5) is 4.79 Å². The first-order valence-corrected chi connectivity index (χ1v) is 6.29. The van der Waals surface area contributed by atoms with Crippen molar-refractivity contribution in [3.05, 3.63) is 0 Å². The number of carboxylic acids is 1. The SMILES string of the molecule is COCC(C)N(C)C(=O)N1CCOC(CC(=O)O)C1. The van der Waals surface area contributed by atoms with Crippen LogP contribution in [-0.2, 0) is 14.3 Å². The molecular weight excluding hydrogens is 252 g/mol. The number of hydrogen-bond acceptors (Lipinski definition) is 4. The lowest BCUT2D eigenvalue weighted by molar-refractivity contribution is -0.141. The molecule has 1 aliphatic rings. The maximum Gasteiger partial charge on any atom is 0.320 e. The van der Waals surface area contributed by atoms with Crippen molar-refractivity contribution in [1.82, 2.24) is 9.80 Å². The molecule has 0 saturated carbocycles. The van der Waals surface area contributed by atoms with E-state index in [0.717, 1.165) is 0 Å². The molecule has 1 N–H and O–H groups in total. The Morgan fingerprint density at radius 2 is 2.26 bits per heavy atom. The maximum atomic E-state index is 12.2. The summed E-state index contributed by atoms with van der Waals surface area (Å²) in [7, 11) is 3.31. The number of aliphatic carboxylic acids is 1. The highest BCUT2D eigenvalue weighted by molar-refractivity contribution is 5.75. The van der Waals surface area contributed by atoms with Crippen LogP contribution in [0.2, 0.25) is 0 Å². The van der Waals surface area contributed by atoms with Crippen LogP contribution in [0, 0.1) is 0 Å². The summed E-state index contributed by atoms with van der Waals surface area (Å²) >= 11 is 0. The van der Waals surface area contributed by atoms with Crippen molar-refractivity contribution in [1.29, 1.82) is 0 Å². The number of nitrogens with zero attached hydrogens (tertiary/aromatic N) is 2. The van der Waals surface area contributed by atoms with Gasteiger partial charge in [0.25, 0.3) is 0 Å². The lowest BCUT2D eigenvalue weighted by Crippen LogP contribution is -2.52. The minimum Gasteiger partial charge on any atom is -0.481 e. The lowest BCUT2D eigenvalue weighted by atomic mass is 10.2. The Hall–Kier alpha value is -1.34.